The molecule has 2 aromatic heterocycles. The van der Waals surface area contributed by atoms with Crippen molar-refractivity contribution in [2.24, 2.45) is 5.92 Å². The Balaban J connectivity index is 1.34. The number of aromatic carboxylic acids is 1. The Kier molecular flexibility index (Phi) is 5.89. The van der Waals surface area contributed by atoms with Crippen molar-refractivity contribution in [2.75, 3.05) is 19.5 Å². The van der Waals surface area contributed by atoms with Gasteiger partial charge in [-0.15, -0.1) is 0 Å². The third-order valence-corrected chi connectivity index (χ3v) is 8.55. The topological polar surface area (TPSA) is 155 Å². The number of benzene rings is 2. The standard InChI is InChI=1S/C30H23ClN4O8/c1-13-10-16-21(26(36)30(13)27(37)22-19(40-2)11-20(41-3)23(31)25(22)43-30)24(35-29(34-16)32-12-33-35)18-9-8-17(42-18)14-4-6-15(7-5-14)28(38)39/h4-9,11-13,24H,10H2,1-3H3,(H,38,39)(H,32,33,34). The summed E-state index contributed by atoms with van der Waals surface area (Å²) in [7, 11) is 2.84. The maximum absolute atomic E-state index is 14.7. The number of nitrogens with zero attached hydrogens (tertiary/aromatic N) is 3. The Labute approximate surface area is 248 Å². The van der Waals surface area contributed by atoms with Gasteiger partial charge in [0.2, 0.25) is 23.1 Å². The van der Waals surface area contributed by atoms with Crippen molar-refractivity contribution in [3.8, 4) is 28.6 Å². The quantitative estimate of drug-likeness (QED) is 0.303. The Morgan fingerprint density at radius 2 is 1.86 bits per heavy atom. The van der Waals surface area contributed by atoms with E-state index in [2.05, 4.69) is 15.4 Å². The number of anilines is 1. The summed E-state index contributed by atoms with van der Waals surface area (Å²) in [5, 5.41) is 16.9. The summed E-state index contributed by atoms with van der Waals surface area (Å²) < 4.78 is 24.9. The van der Waals surface area contributed by atoms with Crippen molar-refractivity contribution in [3.05, 3.63) is 82.0 Å². The predicted octanol–water partition coefficient (Wildman–Crippen LogP) is 4.80. The Morgan fingerprint density at radius 1 is 1.12 bits per heavy atom. The maximum atomic E-state index is 14.7. The van der Waals surface area contributed by atoms with E-state index >= 15 is 0 Å². The highest BCUT2D eigenvalue weighted by molar-refractivity contribution is 6.36. The van der Waals surface area contributed by atoms with E-state index in [-0.39, 0.29) is 45.4 Å². The first-order valence-electron chi connectivity index (χ1n) is 13.3. The fourth-order valence-corrected chi connectivity index (χ4v) is 6.35. The molecule has 13 heteroatoms. The van der Waals surface area contributed by atoms with Gasteiger partial charge >= 0.3 is 5.97 Å². The molecular weight excluding hydrogens is 580 g/mol. The monoisotopic (exact) mass is 602 g/mol. The number of carboxylic acid groups (broad SMARTS) is 1. The maximum Gasteiger partial charge on any atom is 0.335 e. The lowest BCUT2D eigenvalue weighted by Crippen LogP contribution is -2.58. The van der Waals surface area contributed by atoms with Gasteiger partial charge in [-0.25, -0.2) is 9.48 Å². The number of Topliss-reactive ketones (excluding diaryl/α,β-unsaturated/α-hetero) is 2. The van der Waals surface area contributed by atoms with Crippen LogP contribution in [0.15, 0.2) is 64.5 Å². The number of aromatic nitrogens is 3. The largest absolute Gasteiger partial charge is 0.496 e. The molecule has 3 atom stereocenters. The summed E-state index contributed by atoms with van der Waals surface area (Å²) in [6.07, 6.45) is 1.63. The van der Waals surface area contributed by atoms with Crippen molar-refractivity contribution < 1.29 is 38.1 Å². The minimum absolute atomic E-state index is 0.0268. The minimum Gasteiger partial charge on any atom is -0.496 e. The van der Waals surface area contributed by atoms with E-state index in [0.717, 1.165) is 0 Å². The summed E-state index contributed by atoms with van der Waals surface area (Å²) >= 11 is 6.59. The van der Waals surface area contributed by atoms with Gasteiger partial charge in [-0.05, 0) is 30.7 Å². The van der Waals surface area contributed by atoms with Gasteiger partial charge in [-0.3, -0.25) is 9.59 Å². The van der Waals surface area contributed by atoms with Crippen LogP contribution in [0.4, 0.5) is 5.95 Å². The number of ether oxygens (including phenoxy) is 3. The number of furan rings is 1. The van der Waals surface area contributed by atoms with Crippen molar-refractivity contribution in [1.29, 1.82) is 0 Å². The van der Waals surface area contributed by atoms with Crippen LogP contribution < -0.4 is 19.5 Å². The summed E-state index contributed by atoms with van der Waals surface area (Å²) in [6, 6.07) is 10.3. The number of ketones is 2. The fraction of sp³-hybridized carbons (Fsp3) is 0.233. The van der Waals surface area contributed by atoms with Gasteiger partial charge in [0.05, 0.1) is 25.4 Å². The molecule has 43 heavy (non-hydrogen) atoms. The highest BCUT2D eigenvalue weighted by Gasteiger charge is 2.64. The lowest BCUT2D eigenvalue weighted by molar-refractivity contribution is -0.131. The van der Waals surface area contributed by atoms with E-state index in [0.29, 0.717) is 28.7 Å². The molecule has 0 radical (unpaired) electrons. The molecule has 0 saturated carbocycles. The molecular formula is C30H23ClN4O8. The second-order valence-electron chi connectivity index (χ2n) is 10.4. The van der Waals surface area contributed by atoms with Crippen LogP contribution in [0.1, 0.15) is 45.9 Å². The molecule has 2 aromatic carbocycles. The Bertz CT molecular complexity index is 1890. The summed E-state index contributed by atoms with van der Waals surface area (Å²) in [5.74, 6) is -1.12. The van der Waals surface area contributed by atoms with Gasteiger partial charge in [0.15, 0.2) is 5.75 Å². The smallest absolute Gasteiger partial charge is 0.335 e. The van der Waals surface area contributed by atoms with Crippen molar-refractivity contribution >= 4 is 35.1 Å². The number of allylic oxidation sites excluding steroid dienone is 1. The molecule has 218 valence electrons. The number of carbonyl (C=O) groups is 3. The average molecular weight is 603 g/mol. The van der Waals surface area contributed by atoms with Crippen LogP contribution in [0.25, 0.3) is 11.3 Å². The first kappa shape index (κ1) is 26.8. The first-order valence-corrected chi connectivity index (χ1v) is 13.6. The van der Waals surface area contributed by atoms with Crippen molar-refractivity contribution in [1.82, 2.24) is 14.8 Å². The van der Waals surface area contributed by atoms with Crippen LogP contribution >= 0.6 is 11.6 Å². The third-order valence-electron chi connectivity index (χ3n) is 8.20. The normalized spacial score (nSPS) is 22.0. The molecule has 4 heterocycles. The third kappa shape index (κ3) is 3.65. The van der Waals surface area contributed by atoms with E-state index in [9.17, 15) is 19.5 Å². The Hall–Kier alpha value is -5.10. The highest BCUT2D eigenvalue weighted by Crippen LogP contribution is 2.55. The van der Waals surface area contributed by atoms with Crippen LogP contribution in [-0.4, -0.2) is 57.2 Å². The molecule has 2 aliphatic heterocycles. The number of methoxy groups -OCH3 is 2. The zero-order chi connectivity index (χ0) is 30.2. The highest BCUT2D eigenvalue weighted by atomic mass is 35.5. The fourth-order valence-electron chi connectivity index (χ4n) is 6.08. The zero-order valence-electron chi connectivity index (χ0n) is 23.0. The molecule has 12 nitrogen and oxygen atoms in total. The van der Waals surface area contributed by atoms with E-state index < -0.39 is 35.1 Å². The number of fused-ring (bicyclic) bond motifs is 2. The molecule has 2 N–H and O–H groups in total. The number of nitrogens with one attached hydrogen (secondary N) is 1. The van der Waals surface area contributed by atoms with Gasteiger partial charge in [0, 0.05) is 23.2 Å². The summed E-state index contributed by atoms with van der Waals surface area (Å²) in [6.45, 7) is 1.77. The molecule has 7 rings (SSSR count). The number of hydrogen-bond acceptors (Lipinski definition) is 10. The summed E-state index contributed by atoms with van der Waals surface area (Å²) in [5.41, 5.74) is -0.269. The molecule has 0 bridgehead atoms. The van der Waals surface area contributed by atoms with Gasteiger partial charge < -0.3 is 29.1 Å². The van der Waals surface area contributed by atoms with Crippen molar-refractivity contribution in [3.63, 3.8) is 0 Å². The predicted molar refractivity (Wildman–Crippen MR) is 151 cm³/mol. The second-order valence-corrected chi connectivity index (χ2v) is 10.8. The molecule has 0 fully saturated rings. The Morgan fingerprint density at radius 3 is 2.56 bits per heavy atom. The van der Waals surface area contributed by atoms with E-state index in [1.807, 2.05) is 0 Å². The minimum atomic E-state index is -1.93. The van der Waals surface area contributed by atoms with Gasteiger partial charge in [0.25, 0.3) is 0 Å². The van der Waals surface area contributed by atoms with Crippen LogP contribution in [0, 0.1) is 5.92 Å². The van der Waals surface area contributed by atoms with E-state index in [1.165, 1.54) is 43.4 Å². The van der Waals surface area contributed by atoms with E-state index in [1.54, 1.807) is 31.2 Å². The summed E-state index contributed by atoms with van der Waals surface area (Å²) in [4.78, 5) is 44.5. The zero-order valence-corrected chi connectivity index (χ0v) is 23.8. The molecule has 1 spiro atoms. The average Bonchev–Trinajstić information content (AvgIpc) is 3.75. The molecule has 1 aliphatic carbocycles. The lowest BCUT2D eigenvalue weighted by Gasteiger charge is -2.41. The SMILES string of the molecule is COc1cc(OC)c2c(c1Cl)OC1(C(=O)C3=C(CC1C)Nc1ncnn1C3c1ccc(-c3ccc(C(=O)O)cc3)o1)C2=O. The van der Waals surface area contributed by atoms with Crippen LogP contribution in [0.5, 0.6) is 17.2 Å². The van der Waals surface area contributed by atoms with Crippen LogP contribution in [0.2, 0.25) is 5.02 Å². The van der Waals surface area contributed by atoms with Crippen LogP contribution in [-0.2, 0) is 4.79 Å². The molecule has 3 unspecified atom stereocenters. The van der Waals surface area contributed by atoms with E-state index in [4.69, 9.17) is 30.2 Å². The molecule has 0 saturated heterocycles. The number of carbonyl (C=O) groups excluding carboxylic acids is 2. The number of carboxylic acids is 1. The first-order chi connectivity index (χ1) is 20.7. The molecule has 0 amide bonds. The number of rotatable bonds is 5. The number of hydrogen-bond donors (Lipinski definition) is 2. The number of halogens is 1. The van der Waals surface area contributed by atoms with Gasteiger partial charge in [-0.1, -0.05) is 30.7 Å². The van der Waals surface area contributed by atoms with Crippen molar-refractivity contribution in [2.45, 2.75) is 25.0 Å². The van der Waals surface area contributed by atoms with Gasteiger partial charge in [-0.2, -0.15) is 10.1 Å². The van der Waals surface area contributed by atoms with Crippen LogP contribution in [0.3, 0.4) is 0 Å². The lowest BCUT2D eigenvalue weighted by atomic mass is 9.69. The second kappa shape index (κ2) is 9.46. The van der Waals surface area contributed by atoms with Gasteiger partial charge in [0.1, 0.15) is 46.0 Å². The molecule has 3 aliphatic rings. The molecule has 4 aromatic rings.